The van der Waals surface area contributed by atoms with Gasteiger partial charge in [0.2, 0.25) is 10.0 Å². The lowest BCUT2D eigenvalue weighted by molar-refractivity contribution is 0.0922. The summed E-state index contributed by atoms with van der Waals surface area (Å²) in [6.45, 7) is 8.19. The maximum atomic E-state index is 12.7. The van der Waals surface area contributed by atoms with Crippen molar-refractivity contribution in [2.45, 2.75) is 31.1 Å². The highest BCUT2D eigenvalue weighted by molar-refractivity contribution is 7.89. The largest absolute Gasteiger partial charge is 0.455 e. The zero-order valence-corrected chi connectivity index (χ0v) is 17.3. The van der Waals surface area contributed by atoms with Gasteiger partial charge in [-0.15, -0.1) is 12.4 Å². The van der Waals surface area contributed by atoms with E-state index in [4.69, 9.17) is 4.42 Å². The second-order valence-corrected chi connectivity index (χ2v) is 8.75. The molecule has 8 nitrogen and oxygen atoms in total. The Morgan fingerprint density at radius 3 is 2.56 bits per heavy atom. The standard InChI is InChI=1S/C17H28N4O4S.ClH/c1-14-16(26(23,24)21-9-2-3-10-21)13-15(25-14)17(22)19-5-4-8-20-11-6-18-7-12-20;/h13,18H,2-12H2,1H3,(H,19,22);1H. The van der Waals surface area contributed by atoms with E-state index in [0.717, 1.165) is 52.0 Å². The summed E-state index contributed by atoms with van der Waals surface area (Å²) in [4.78, 5) is 14.7. The molecule has 2 aliphatic rings. The molecule has 0 atom stereocenters. The minimum absolute atomic E-state index is 0. The van der Waals surface area contributed by atoms with Gasteiger partial charge in [-0.25, -0.2) is 8.42 Å². The summed E-state index contributed by atoms with van der Waals surface area (Å²) >= 11 is 0. The van der Waals surface area contributed by atoms with E-state index in [2.05, 4.69) is 15.5 Å². The predicted molar refractivity (Wildman–Crippen MR) is 105 cm³/mol. The van der Waals surface area contributed by atoms with Crippen LogP contribution in [0.2, 0.25) is 0 Å². The lowest BCUT2D eigenvalue weighted by Gasteiger charge is -2.26. The molecule has 0 unspecified atom stereocenters. The van der Waals surface area contributed by atoms with E-state index in [-0.39, 0.29) is 34.7 Å². The maximum absolute atomic E-state index is 12.7. The van der Waals surface area contributed by atoms with Crippen molar-refractivity contribution in [3.63, 3.8) is 0 Å². The number of rotatable bonds is 7. The summed E-state index contributed by atoms with van der Waals surface area (Å²) in [5.74, 6) is -0.0402. The van der Waals surface area contributed by atoms with Gasteiger partial charge in [0.05, 0.1) is 0 Å². The van der Waals surface area contributed by atoms with E-state index in [0.29, 0.717) is 19.6 Å². The lowest BCUT2D eigenvalue weighted by atomic mass is 10.3. The zero-order chi connectivity index (χ0) is 18.6. The van der Waals surface area contributed by atoms with Crippen LogP contribution in [0.3, 0.4) is 0 Å². The first-order valence-corrected chi connectivity index (χ1v) is 10.7. The molecule has 1 amide bonds. The van der Waals surface area contributed by atoms with Crippen LogP contribution in [0.5, 0.6) is 0 Å². The summed E-state index contributed by atoms with van der Waals surface area (Å²) in [6, 6.07) is 1.36. The average Bonchev–Trinajstić information content (AvgIpc) is 3.30. The van der Waals surface area contributed by atoms with Gasteiger partial charge in [-0.3, -0.25) is 4.79 Å². The Morgan fingerprint density at radius 1 is 1.22 bits per heavy atom. The van der Waals surface area contributed by atoms with Crippen LogP contribution in [0.15, 0.2) is 15.4 Å². The Morgan fingerprint density at radius 2 is 1.89 bits per heavy atom. The summed E-state index contributed by atoms with van der Waals surface area (Å²) in [7, 11) is -3.57. The molecule has 0 bridgehead atoms. The predicted octanol–water partition coefficient (Wildman–Crippen LogP) is 0.819. The monoisotopic (exact) mass is 420 g/mol. The Kier molecular flexibility index (Phi) is 8.11. The van der Waals surface area contributed by atoms with Crippen molar-refractivity contribution in [1.29, 1.82) is 0 Å². The molecule has 0 aliphatic carbocycles. The number of carbonyl (C=O) groups excluding carboxylic acids is 1. The molecule has 0 aromatic carbocycles. The number of carbonyl (C=O) groups is 1. The fraction of sp³-hybridized carbons (Fsp3) is 0.706. The number of hydrogen-bond acceptors (Lipinski definition) is 6. The van der Waals surface area contributed by atoms with Crippen molar-refractivity contribution < 1.29 is 17.6 Å². The molecule has 0 spiro atoms. The van der Waals surface area contributed by atoms with Gasteiger partial charge in [0, 0.05) is 51.9 Å². The fourth-order valence-corrected chi connectivity index (χ4v) is 5.11. The normalized spacial score (nSPS) is 19.0. The first kappa shape index (κ1) is 22.2. The van der Waals surface area contributed by atoms with Gasteiger partial charge < -0.3 is 20.0 Å². The molecule has 27 heavy (non-hydrogen) atoms. The first-order valence-electron chi connectivity index (χ1n) is 9.30. The summed E-state index contributed by atoms with van der Waals surface area (Å²) in [5.41, 5.74) is 0. The molecule has 10 heteroatoms. The fourth-order valence-electron chi connectivity index (χ4n) is 3.43. The summed E-state index contributed by atoms with van der Waals surface area (Å²) in [5, 5.41) is 6.13. The van der Waals surface area contributed by atoms with Crippen molar-refractivity contribution >= 4 is 28.3 Å². The van der Waals surface area contributed by atoms with E-state index in [1.54, 1.807) is 6.92 Å². The third-order valence-corrected chi connectivity index (χ3v) is 6.93. The van der Waals surface area contributed by atoms with Crippen LogP contribution in [0, 0.1) is 6.92 Å². The number of nitrogens with one attached hydrogen (secondary N) is 2. The molecule has 1 aromatic rings. The highest BCUT2D eigenvalue weighted by atomic mass is 35.5. The molecule has 2 saturated heterocycles. The average molecular weight is 421 g/mol. The van der Waals surface area contributed by atoms with Gasteiger partial charge in [-0.05, 0) is 32.7 Å². The Labute approximate surface area is 167 Å². The van der Waals surface area contributed by atoms with Crippen LogP contribution >= 0.6 is 12.4 Å². The van der Waals surface area contributed by atoms with Crippen molar-refractivity contribution in [2.24, 2.45) is 0 Å². The second-order valence-electron chi connectivity index (χ2n) is 6.84. The number of hydrogen-bond donors (Lipinski definition) is 2. The van der Waals surface area contributed by atoms with Gasteiger partial charge in [0.25, 0.3) is 5.91 Å². The first-order chi connectivity index (χ1) is 12.5. The molecular weight excluding hydrogens is 392 g/mol. The van der Waals surface area contributed by atoms with Crippen LogP contribution in [0.4, 0.5) is 0 Å². The smallest absolute Gasteiger partial charge is 0.287 e. The third kappa shape index (κ3) is 5.45. The van der Waals surface area contributed by atoms with Crippen LogP contribution in [0.1, 0.15) is 35.6 Å². The summed E-state index contributed by atoms with van der Waals surface area (Å²) < 4.78 is 32.2. The van der Waals surface area contributed by atoms with Crippen LogP contribution in [-0.4, -0.2) is 75.9 Å². The highest BCUT2D eigenvalue weighted by Gasteiger charge is 2.31. The van der Waals surface area contributed by atoms with Gasteiger partial charge in [0.1, 0.15) is 10.7 Å². The number of furan rings is 1. The van der Waals surface area contributed by atoms with Gasteiger partial charge in [-0.1, -0.05) is 0 Å². The molecule has 1 aromatic heterocycles. The molecule has 3 heterocycles. The quantitative estimate of drug-likeness (QED) is 0.634. The number of aryl methyl sites for hydroxylation is 1. The van der Waals surface area contributed by atoms with Gasteiger partial charge in [0.15, 0.2) is 5.76 Å². The topological polar surface area (TPSA) is 94.9 Å². The molecule has 3 rings (SSSR count). The van der Waals surface area contributed by atoms with Gasteiger partial charge in [-0.2, -0.15) is 4.31 Å². The summed E-state index contributed by atoms with van der Waals surface area (Å²) in [6.07, 6.45) is 2.59. The van der Waals surface area contributed by atoms with Crippen LogP contribution in [-0.2, 0) is 10.0 Å². The highest BCUT2D eigenvalue weighted by Crippen LogP contribution is 2.26. The third-order valence-electron chi connectivity index (χ3n) is 4.93. The van der Waals surface area contributed by atoms with Crippen molar-refractivity contribution in [3.8, 4) is 0 Å². The Bertz CT molecular complexity index is 725. The second kappa shape index (κ2) is 9.88. The Hall–Kier alpha value is -1.13. The SMILES string of the molecule is Cc1oc(C(=O)NCCCN2CCNCC2)cc1S(=O)(=O)N1CCCC1.Cl. The minimum Gasteiger partial charge on any atom is -0.455 e. The van der Waals surface area contributed by atoms with E-state index >= 15 is 0 Å². The number of nitrogens with zero attached hydrogens (tertiary/aromatic N) is 2. The maximum Gasteiger partial charge on any atom is 0.287 e. The van der Waals surface area contributed by atoms with Gasteiger partial charge >= 0.3 is 0 Å². The van der Waals surface area contributed by atoms with E-state index in [1.807, 2.05) is 0 Å². The van der Waals surface area contributed by atoms with E-state index < -0.39 is 10.0 Å². The molecule has 154 valence electrons. The number of halogens is 1. The number of amides is 1. The Balaban J connectivity index is 0.00000261. The van der Waals surface area contributed by atoms with Crippen LogP contribution in [0.25, 0.3) is 0 Å². The molecular formula is C17H29ClN4O4S. The number of piperazine rings is 1. The molecule has 2 N–H and O–H groups in total. The number of sulfonamides is 1. The lowest BCUT2D eigenvalue weighted by Crippen LogP contribution is -2.44. The van der Waals surface area contributed by atoms with Crippen molar-refractivity contribution in [1.82, 2.24) is 19.8 Å². The minimum atomic E-state index is -3.57. The van der Waals surface area contributed by atoms with E-state index in [9.17, 15) is 13.2 Å². The van der Waals surface area contributed by atoms with Crippen LogP contribution < -0.4 is 10.6 Å². The molecule has 0 radical (unpaired) electrons. The zero-order valence-electron chi connectivity index (χ0n) is 15.7. The molecule has 2 aliphatic heterocycles. The molecule has 0 saturated carbocycles. The van der Waals surface area contributed by atoms with E-state index in [1.165, 1.54) is 10.4 Å². The molecule has 2 fully saturated rings. The van der Waals surface area contributed by atoms with Crippen molar-refractivity contribution in [2.75, 3.05) is 52.4 Å². The van der Waals surface area contributed by atoms with Crippen molar-refractivity contribution in [3.05, 3.63) is 17.6 Å².